The van der Waals surface area contributed by atoms with Crippen LogP contribution in [0.5, 0.6) is 0 Å². The summed E-state index contributed by atoms with van der Waals surface area (Å²) in [5.74, 6) is -0.277. The largest absolute Gasteiger partial charge is 0.343 e. The van der Waals surface area contributed by atoms with E-state index in [0.717, 1.165) is 11.1 Å². The smallest absolute Gasteiger partial charge is 0.245 e. The van der Waals surface area contributed by atoms with Crippen LogP contribution in [-0.2, 0) is 16.1 Å². The van der Waals surface area contributed by atoms with Crippen molar-refractivity contribution in [1.29, 1.82) is 0 Å². The number of carbonyl (C=O) groups is 2. The molecule has 1 aliphatic heterocycles. The van der Waals surface area contributed by atoms with Crippen LogP contribution in [0.1, 0.15) is 48.9 Å². The van der Waals surface area contributed by atoms with E-state index in [4.69, 9.17) is 0 Å². The number of nitrogens with one attached hydrogen (secondary N) is 1. The maximum absolute atomic E-state index is 14.3. The highest BCUT2D eigenvalue weighted by Crippen LogP contribution is 2.27. The molecule has 33 heavy (non-hydrogen) atoms. The van der Waals surface area contributed by atoms with Gasteiger partial charge in [0.25, 0.3) is 0 Å². The van der Waals surface area contributed by atoms with E-state index in [1.807, 2.05) is 42.5 Å². The number of amides is 2. The van der Waals surface area contributed by atoms with E-state index < -0.39 is 18.3 Å². The third-order valence-corrected chi connectivity index (χ3v) is 6.09. The number of hydrogen-bond acceptors (Lipinski definition) is 3. The van der Waals surface area contributed by atoms with E-state index >= 15 is 0 Å². The van der Waals surface area contributed by atoms with Crippen LogP contribution in [0.25, 0.3) is 0 Å². The summed E-state index contributed by atoms with van der Waals surface area (Å²) in [6.45, 7) is 4.15. The first-order valence-electron chi connectivity index (χ1n) is 11.3. The second kappa shape index (κ2) is 9.98. The Kier molecular flexibility index (Phi) is 6.87. The lowest BCUT2D eigenvalue weighted by Gasteiger charge is -2.27. The van der Waals surface area contributed by atoms with Gasteiger partial charge in [-0.15, -0.1) is 0 Å². The van der Waals surface area contributed by atoms with Crippen molar-refractivity contribution in [2.75, 3.05) is 6.54 Å². The van der Waals surface area contributed by atoms with Crippen molar-refractivity contribution >= 4 is 11.8 Å². The standard InChI is InChI=1S/C26H29FN4O2/c1-18(2)19-9-11-21(12-10-19)25(20-7-4-3-5-8-20)29-26(33)23-15-22(27)16-31(23)24(32)17-30-14-6-13-28-30/h3-14,18,22-23,25H,15-17H2,1-2H3,(H,29,33)/t22?,23-,25-/m0/s1. The second-order valence-corrected chi connectivity index (χ2v) is 8.77. The molecule has 2 heterocycles. The van der Waals surface area contributed by atoms with E-state index in [0.29, 0.717) is 5.92 Å². The summed E-state index contributed by atoms with van der Waals surface area (Å²) in [5, 5.41) is 7.12. The Balaban J connectivity index is 1.56. The average molecular weight is 449 g/mol. The maximum Gasteiger partial charge on any atom is 0.245 e. The Morgan fingerprint density at radius 3 is 2.33 bits per heavy atom. The van der Waals surface area contributed by atoms with Crippen LogP contribution < -0.4 is 5.32 Å². The third kappa shape index (κ3) is 5.30. The predicted octanol–water partition coefficient (Wildman–Crippen LogP) is 3.85. The molecule has 0 spiro atoms. The number of rotatable bonds is 7. The van der Waals surface area contributed by atoms with Gasteiger partial charge >= 0.3 is 0 Å². The number of carbonyl (C=O) groups excluding carboxylic acids is 2. The van der Waals surface area contributed by atoms with Gasteiger partial charge in [-0.1, -0.05) is 68.4 Å². The molecule has 3 aromatic rings. The zero-order valence-electron chi connectivity index (χ0n) is 18.9. The molecule has 1 N–H and O–H groups in total. The van der Waals surface area contributed by atoms with Crippen molar-refractivity contribution in [3.05, 3.63) is 89.7 Å². The molecule has 0 saturated carbocycles. The van der Waals surface area contributed by atoms with Crippen LogP contribution in [-0.4, -0.2) is 45.3 Å². The van der Waals surface area contributed by atoms with Gasteiger partial charge in [0.1, 0.15) is 18.8 Å². The molecule has 0 radical (unpaired) electrons. The molecule has 3 atom stereocenters. The lowest BCUT2D eigenvalue weighted by molar-refractivity contribution is -0.139. The van der Waals surface area contributed by atoms with Gasteiger partial charge in [-0.25, -0.2) is 4.39 Å². The van der Waals surface area contributed by atoms with Crippen LogP contribution in [0.4, 0.5) is 4.39 Å². The van der Waals surface area contributed by atoms with Gasteiger partial charge in [0, 0.05) is 18.8 Å². The SMILES string of the molecule is CC(C)c1ccc([C@@H](NC(=O)[C@@H]2CC(F)CN2C(=O)Cn2cccn2)c2ccccc2)cc1. The van der Waals surface area contributed by atoms with Crippen molar-refractivity contribution in [3.63, 3.8) is 0 Å². The Morgan fingerprint density at radius 2 is 1.70 bits per heavy atom. The van der Waals surface area contributed by atoms with Crippen molar-refractivity contribution in [2.24, 2.45) is 0 Å². The van der Waals surface area contributed by atoms with Crippen LogP contribution >= 0.6 is 0 Å². The third-order valence-electron chi connectivity index (χ3n) is 6.09. The number of halogens is 1. The number of benzene rings is 2. The Bertz CT molecular complexity index is 1070. The molecule has 1 fully saturated rings. The summed E-state index contributed by atoms with van der Waals surface area (Å²) in [6, 6.07) is 18.3. The minimum Gasteiger partial charge on any atom is -0.343 e. The van der Waals surface area contributed by atoms with Crippen LogP contribution in [0.15, 0.2) is 73.1 Å². The molecule has 172 valence electrons. The lowest BCUT2D eigenvalue weighted by atomic mass is 9.95. The van der Waals surface area contributed by atoms with Gasteiger partial charge in [-0.2, -0.15) is 5.10 Å². The molecule has 0 bridgehead atoms. The van der Waals surface area contributed by atoms with Crippen molar-refractivity contribution in [1.82, 2.24) is 20.0 Å². The Morgan fingerprint density at radius 1 is 1.03 bits per heavy atom. The zero-order chi connectivity index (χ0) is 23.4. The summed E-state index contributed by atoms with van der Waals surface area (Å²) in [5.41, 5.74) is 3.07. The highest BCUT2D eigenvalue weighted by molar-refractivity contribution is 5.88. The molecular formula is C26H29FN4O2. The quantitative estimate of drug-likeness (QED) is 0.597. The minimum absolute atomic E-state index is 0.00945. The fourth-order valence-electron chi connectivity index (χ4n) is 4.25. The van der Waals surface area contributed by atoms with Gasteiger partial charge in [-0.05, 0) is 28.7 Å². The summed E-state index contributed by atoms with van der Waals surface area (Å²) in [4.78, 5) is 27.5. The van der Waals surface area contributed by atoms with Gasteiger partial charge in [-0.3, -0.25) is 14.3 Å². The van der Waals surface area contributed by atoms with Crippen molar-refractivity contribution in [3.8, 4) is 0 Å². The number of nitrogens with zero attached hydrogens (tertiary/aromatic N) is 3. The van der Waals surface area contributed by atoms with E-state index in [1.165, 1.54) is 15.1 Å². The van der Waals surface area contributed by atoms with Crippen LogP contribution in [0.3, 0.4) is 0 Å². The number of likely N-dealkylation sites (tertiary alicyclic amines) is 1. The monoisotopic (exact) mass is 448 g/mol. The van der Waals surface area contributed by atoms with Crippen LogP contribution in [0, 0.1) is 0 Å². The lowest BCUT2D eigenvalue weighted by Crippen LogP contribution is -2.48. The predicted molar refractivity (Wildman–Crippen MR) is 124 cm³/mol. The first-order valence-corrected chi connectivity index (χ1v) is 11.3. The maximum atomic E-state index is 14.3. The fourth-order valence-corrected chi connectivity index (χ4v) is 4.25. The number of alkyl halides is 1. The Hall–Kier alpha value is -3.48. The molecule has 2 amide bonds. The van der Waals surface area contributed by atoms with Gasteiger partial charge in [0.2, 0.25) is 11.8 Å². The molecule has 1 aliphatic rings. The molecule has 1 saturated heterocycles. The zero-order valence-corrected chi connectivity index (χ0v) is 18.9. The molecule has 7 heteroatoms. The Labute approximate surface area is 193 Å². The molecule has 6 nitrogen and oxygen atoms in total. The fraction of sp³-hybridized carbons (Fsp3) is 0.346. The number of aromatic nitrogens is 2. The van der Waals surface area contributed by atoms with Crippen molar-refractivity contribution < 1.29 is 14.0 Å². The molecule has 4 rings (SSSR count). The first kappa shape index (κ1) is 22.7. The highest BCUT2D eigenvalue weighted by Gasteiger charge is 2.40. The molecule has 1 aromatic heterocycles. The number of hydrogen-bond donors (Lipinski definition) is 1. The normalized spacial score (nSPS) is 19.0. The topological polar surface area (TPSA) is 67.2 Å². The summed E-state index contributed by atoms with van der Waals surface area (Å²) in [6.07, 6.45) is 2.00. The molecule has 0 aliphatic carbocycles. The molecular weight excluding hydrogens is 419 g/mol. The van der Waals surface area contributed by atoms with Gasteiger partial charge in [0.15, 0.2) is 0 Å². The summed E-state index contributed by atoms with van der Waals surface area (Å²) < 4.78 is 15.8. The van der Waals surface area contributed by atoms with E-state index in [1.54, 1.807) is 18.5 Å². The van der Waals surface area contributed by atoms with Crippen molar-refractivity contribution in [2.45, 2.75) is 51.0 Å². The van der Waals surface area contributed by atoms with Gasteiger partial charge in [0.05, 0.1) is 12.6 Å². The van der Waals surface area contributed by atoms with E-state index in [-0.39, 0.29) is 31.3 Å². The first-order chi connectivity index (χ1) is 15.9. The minimum atomic E-state index is -1.23. The van der Waals surface area contributed by atoms with E-state index in [2.05, 4.69) is 36.4 Å². The van der Waals surface area contributed by atoms with Gasteiger partial charge < -0.3 is 10.2 Å². The average Bonchev–Trinajstić information content (AvgIpc) is 3.47. The summed E-state index contributed by atoms with van der Waals surface area (Å²) >= 11 is 0. The summed E-state index contributed by atoms with van der Waals surface area (Å²) in [7, 11) is 0. The van der Waals surface area contributed by atoms with Crippen LogP contribution in [0.2, 0.25) is 0 Å². The molecule has 1 unspecified atom stereocenters. The molecule has 2 aromatic carbocycles. The second-order valence-electron chi connectivity index (χ2n) is 8.77. The van der Waals surface area contributed by atoms with E-state index in [9.17, 15) is 14.0 Å². The highest BCUT2D eigenvalue weighted by atomic mass is 19.1.